The third-order valence-corrected chi connectivity index (χ3v) is 4.22. The van der Waals surface area contributed by atoms with Crippen molar-refractivity contribution >= 4 is 34.3 Å². The molecule has 0 atom stereocenters. The number of rotatable bonds is 3. The first kappa shape index (κ1) is 13.4. The zero-order chi connectivity index (χ0) is 13.9. The molecule has 3 rings (SSSR count). The van der Waals surface area contributed by atoms with Crippen LogP contribution in [0.2, 0.25) is 5.02 Å². The Hall–Kier alpha value is -1.58. The summed E-state index contributed by atoms with van der Waals surface area (Å²) in [6.45, 7) is 2.02. The third-order valence-electron chi connectivity index (χ3n) is 3.05. The zero-order valence-corrected chi connectivity index (χ0v) is 12.6. The van der Waals surface area contributed by atoms with Crippen LogP contribution in [0.5, 0.6) is 0 Å². The van der Waals surface area contributed by atoms with Crippen molar-refractivity contribution in [1.29, 1.82) is 0 Å². The third kappa shape index (κ3) is 2.94. The number of benzene rings is 2. The van der Waals surface area contributed by atoms with Gasteiger partial charge in [0.2, 0.25) is 0 Å². The molecule has 0 fully saturated rings. The Morgan fingerprint density at radius 1 is 1.00 bits per heavy atom. The number of hydrogen-bond donors (Lipinski definition) is 0. The second-order valence-corrected chi connectivity index (χ2v) is 5.90. The summed E-state index contributed by atoms with van der Waals surface area (Å²) >= 11 is 7.53. The van der Waals surface area contributed by atoms with Gasteiger partial charge in [-0.2, -0.15) is 0 Å². The SMILES string of the molecule is Cc1nc(SCc2ccc(Cl)cc2)nc2ccccc12. The Kier molecular flexibility index (Phi) is 3.90. The summed E-state index contributed by atoms with van der Waals surface area (Å²) in [7, 11) is 0. The van der Waals surface area contributed by atoms with E-state index in [9.17, 15) is 0 Å². The molecule has 0 unspecified atom stereocenters. The highest BCUT2D eigenvalue weighted by Crippen LogP contribution is 2.23. The van der Waals surface area contributed by atoms with Crippen molar-refractivity contribution in [2.45, 2.75) is 17.8 Å². The minimum Gasteiger partial charge on any atom is -0.227 e. The molecule has 100 valence electrons. The van der Waals surface area contributed by atoms with Crippen molar-refractivity contribution < 1.29 is 0 Å². The molecule has 0 N–H and O–H groups in total. The number of halogens is 1. The van der Waals surface area contributed by atoms with Crippen molar-refractivity contribution in [2.24, 2.45) is 0 Å². The van der Waals surface area contributed by atoms with Gasteiger partial charge in [-0.25, -0.2) is 9.97 Å². The van der Waals surface area contributed by atoms with Crippen LogP contribution in [0.25, 0.3) is 10.9 Å². The van der Waals surface area contributed by atoms with E-state index in [2.05, 4.69) is 16.0 Å². The molecule has 0 radical (unpaired) electrons. The van der Waals surface area contributed by atoms with Gasteiger partial charge in [-0.15, -0.1) is 0 Å². The number of nitrogens with zero attached hydrogens (tertiary/aromatic N) is 2. The molecular weight excluding hydrogens is 288 g/mol. The van der Waals surface area contributed by atoms with Crippen LogP contribution in [0.1, 0.15) is 11.3 Å². The largest absolute Gasteiger partial charge is 0.227 e. The highest BCUT2D eigenvalue weighted by atomic mass is 35.5. The van der Waals surface area contributed by atoms with Gasteiger partial charge in [0.05, 0.1) is 5.52 Å². The maximum absolute atomic E-state index is 5.88. The van der Waals surface area contributed by atoms with Crippen LogP contribution < -0.4 is 0 Å². The van der Waals surface area contributed by atoms with Gasteiger partial charge < -0.3 is 0 Å². The van der Waals surface area contributed by atoms with Crippen molar-refractivity contribution in [3.63, 3.8) is 0 Å². The van der Waals surface area contributed by atoms with E-state index in [4.69, 9.17) is 11.6 Å². The van der Waals surface area contributed by atoms with E-state index >= 15 is 0 Å². The molecule has 0 saturated heterocycles. The molecule has 0 aliphatic rings. The summed E-state index contributed by atoms with van der Waals surface area (Å²) in [5, 5.41) is 2.69. The monoisotopic (exact) mass is 300 g/mol. The van der Waals surface area contributed by atoms with E-state index < -0.39 is 0 Å². The van der Waals surface area contributed by atoms with Gasteiger partial charge in [0.1, 0.15) is 0 Å². The van der Waals surface area contributed by atoms with E-state index in [0.29, 0.717) is 0 Å². The normalized spacial score (nSPS) is 10.9. The van der Waals surface area contributed by atoms with E-state index in [1.54, 1.807) is 11.8 Å². The first-order valence-electron chi connectivity index (χ1n) is 6.33. The average Bonchev–Trinajstić information content (AvgIpc) is 2.47. The molecule has 3 aromatic rings. The fraction of sp³-hybridized carbons (Fsp3) is 0.125. The molecule has 0 spiro atoms. The lowest BCUT2D eigenvalue weighted by molar-refractivity contribution is 0.968. The molecule has 0 bridgehead atoms. The van der Waals surface area contributed by atoms with Crippen molar-refractivity contribution in [3.05, 3.63) is 64.8 Å². The van der Waals surface area contributed by atoms with Gasteiger partial charge in [0, 0.05) is 21.9 Å². The van der Waals surface area contributed by atoms with Gasteiger partial charge in [-0.3, -0.25) is 0 Å². The maximum atomic E-state index is 5.88. The van der Waals surface area contributed by atoms with Crippen LogP contribution in [0, 0.1) is 6.92 Å². The molecule has 20 heavy (non-hydrogen) atoms. The van der Waals surface area contributed by atoms with Gasteiger partial charge in [0.15, 0.2) is 5.16 Å². The number of aromatic nitrogens is 2. The molecule has 1 aromatic heterocycles. The minimum absolute atomic E-state index is 0.761. The summed E-state index contributed by atoms with van der Waals surface area (Å²) < 4.78 is 0. The predicted octanol–water partition coefficient (Wildman–Crippen LogP) is 4.88. The van der Waals surface area contributed by atoms with Crippen LogP contribution in [0.4, 0.5) is 0 Å². The van der Waals surface area contributed by atoms with E-state index in [0.717, 1.165) is 32.5 Å². The number of para-hydroxylation sites is 1. The van der Waals surface area contributed by atoms with Crippen LogP contribution in [-0.4, -0.2) is 9.97 Å². The molecule has 0 aliphatic carbocycles. The highest BCUT2D eigenvalue weighted by molar-refractivity contribution is 7.98. The lowest BCUT2D eigenvalue weighted by Crippen LogP contribution is -1.93. The van der Waals surface area contributed by atoms with Crippen molar-refractivity contribution in [3.8, 4) is 0 Å². The first-order valence-corrected chi connectivity index (χ1v) is 7.69. The van der Waals surface area contributed by atoms with Crippen LogP contribution in [-0.2, 0) is 5.75 Å². The topological polar surface area (TPSA) is 25.8 Å². The summed E-state index contributed by atoms with van der Waals surface area (Å²) in [6.07, 6.45) is 0. The Morgan fingerprint density at radius 2 is 1.75 bits per heavy atom. The van der Waals surface area contributed by atoms with Crippen LogP contribution in [0.15, 0.2) is 53.7 Å². The molecular formula is C16H13ClN2S. The Morgan fingerprint density at radius 3 is 2.55 bits per heavy atom. The summed E-state index contributed by atoms with van der Waals surface area (Å²) in [6, 6.07) is 16.0. The highest BCUT2D eigenvalue weighted by Gasteiger charge is 2.05. The molecule has 2 nitrogen and oxygen atoms in total. The molecule has 0 amide bonds. The number of hydrogen-bond acceptors (Lipinski definition) is 3. The standard InChI is InChI=1S/C16H13ClN2S/c1-11-14-4-2-3-5-15(14)19-16(18-11)20-10-12-6-8-13(17)9-7-12/h2-9H,10H2,1H3. The smallest absolute Gasteiger partial charge is 0.188 e. The van der Waals surface area contributed by atoms with Gasteiger partial charge in [0.25, 0.3) is 0 Å². The predicted molar refractivity (Wildman–Crippen MR) is 85.3 cm³/mol. The molecule has 0 saturated carbocycles. The number of thioether (sulfide) groups is 1. The summed E-state index contributed by atoms with van der Waals surface area (Å²) in [5.41, 5.74) is 3.24. The maximum Gasteiger partial charge on any atom is 0.188 e. The van der Waals surface area contributed by atoms with Crippen molar-refractivity contribution in [2.75, 3.05) is 0 Å². The van der Waals surface area contributed by atoms with Crippen LogP contribution in [0.3, 0.4) is 0 Å². The molecule has 0 aliphatic heterocycles. The van der Waals surface area contributed by atoms with E-state index in [-0.39, 0.29) is 0 Å². The fourth-order valence-corrected chi connectivity index (χ4v) is 2.98. The number of fused-ring (bicyclic) bond motifs is 1. The Labute approximate surface area is 127 Å². The van der Waals surface area contributed by atoms with Crippen LogP contribution >= 0.6 is 23.4 Å². The fourth-order valence-electron chi connectivity index (χ4n) is 2.00. The Balaban J connectivity index is 1.82. The van der Waals surface area contributed by atoms with Gasteiger partial charge >= 0.3 is 0 Å². The van der Waals surface area contributed by atoms with E-state index in [1.807, 2.05) is 49.4 Å². The first-order chi connectivity index (χ1) is 9.72. The lowest BCUT2D eigenvalue weighted by Gasteiger charge is -2.05. The molecule has 2 aromatic carbocycles. The second-order valence-electron chi connectivity index (χ2n) is 4.52. The second kappa shape index (κ2) is 5.81. The van der Waals surface area contributed by atoms with Crippen molar-refractivity contribution in [1.82, 2.24) is 9.97 Å². The molecule has 4 heteroatoms. The lowest BCUT2D eigenvalue weighted by atomic mass is 10.2. The Bertz CT molecular complexity index is 741. The summed E-state index contributed by atoms with van der Waals surface area (Å²) in [5.74, 6) is 0.842. The van der Waals surface area contributed by atoms with Gasteiger partial charge in [-0.1, -0.05) is 53.7 Å². The minimum atomic E-state index is 0.761. The molecule has 1 heterocycles. The van der Waals surface area contributed by atoms with Gasteiger partial charge in [-0.05, 0) is 30.7 Å². The summed E-state index contributed by atoms with van der Waals surface area (Å²) in [4.78, 5) is 9.15. The average molecular weight is 301 g/mol. The zero-order valence-electron chi connectivity index (χ0n) is 11.0. The quantitative estimate of drug-likeness (QED) is 0.509. The number of aryl methyl sites for hydroxylation is 1. The van der Waals surface area contributed by atoms with E-state index in [1.165, 1.54) is 5.56 Å².